The zero-order valence-electron chi connectivity index (χ0n) is 78.6. The Labute approximate surface area is 836 Å². The number of fused-ring (bicyclic) bond motifs is 21. The highest BCUT2D eigenvalue weighted by atomic mass is 16.3. The molecule has 0 amide bonds. The largest absolute Gasteiger partial charge is 0.455 e. The van der Waals surface area contributed by atoms with Crippen molar-refractivity contribution < 1.29 is 4.42 Å². The standard InChI is InChI=1S/C49H31N5.C44H27N3O.C39H25N5/c1-4-14-32(15-5-1)47-50-48(33-16-6-2-7-17-33)52-49(51-47)36-25-24-35-29-38(27-26-34(35)28-36)54-44-23-13-11-21-40(44)42-30-41-39-20-10-12-22-43(39)53(45(41)31-46(42)54)37-18-8-3-9-19-37;1-3-12-28(13-4-1)30-16-11-17-32(26-30)42-35-19-7-9-20-37(35)45-44(46-42)47-38-25-24-34-33-18-8-10-21-40(33)48-43(34)41(38)36-23-22-31(27-39(36)47)29-14-5-2-6-15-29;1-4-14-26(15-5-1)37-40-38(27-16-6-2-7-17-27)42-39(41-37)44-34-23-13-11-21-30(34)32-24-31-29-20-10-12-22-33(29)43(35(31)25-36(32)44)28-18-8-3-9-19-28/h1-31H;1-27H;1-25H. The fourth-order valence-electron chi connectivity index (χ4n) is 21.6. The monoisotopic (exact) mass is 1870 g/mol. The lowest BCUT2D eigenvalue weighted by Crippen LogP contribution is -2.06. The average Bonchev–Trinajstić information content (AvgIpc) is 1.56. The first-order chi connectivity index (χ1) is 72.4. The Bertz CT molecular complexity index is 10300. The predicted molar refractivity (Wildman–Crippen MR) is 599 cm³/mol. The van der Waals surface area contributed by atoms with Crippen LogP contribution in [0.5, 0.6) is 0 Å². The molecule has 0 unspecified atom stereocenters. The second-order valence-corrected chi connectivity index (χ2v) is 36.9. The molecule has 0 bridgehead atoms. The van der Waals surface area contributed by atoms with Crippen LogP contribution < -0.4 is 0 Å². The van der Waals surface area contributed by atoms with E-state index in [2.05, 4.69) is 381 Å². The summed E-state index contributed by atoms with van der Waals surface area (Å²) in [5.41, 5.74) is 28.5. The van der Waals surface area contributed by atoms with Crippen LogP contribution >= 0.6 is 0 Å². The van der Waals surface area contributed by atoms with Crippen molar-refractivity contribution >= 4 is 153 Å². The molecular weight excluding hydrogens is 1780 g/mol. The third-order valence-corrected chi connectivity index (χ3v) is 28.3. The highest BCUT2D eigenvalue weighted by Gasteiger charge is 2.28. The van der Waals surface area contributed by atoms with Crippen LogP contribution in [0.4, 0.5) is 0 Å². The van der Waals surface area contributed by atoms with E-state index >= 15 is 0 Å². The van der Waals surface area contributed by atoms with E-state index in [0.717, 1.165) is 166 Å². The second-order valence-electron chi connectivity index (χ2n) is 36.9. The van der Waals surface area contributed by atoms with E-state index in [9.17, 15) is 0 Å². The lowest BCUT2D eigenvalue weighted by molar-refractivity contribution is 0.673. The van der Waals surface area contributed by atoms with Crippen LogP contribution in [0.3, 0.4) is 0 Å². The van der Waals surface area contributed by atoms with Gasteiger partial charge in [-0.15, -0.1) is 0 Å². The van der Waals surface area contributed by atoms with E-state index in [0.29, 0.717) is 41.0 Å². The summed E-state index contributed by atoms with van der Waals surface area (Å²) in [5.74, 6) is 4.44. The summed E-state index contributed by atoms with van der Waals surface area (Å²) >= 11 is 0. The molecule has 0 atom stereocenters. The molecule has 0 aliphatic carbocycles. The molecule has 9 heterocycles. The van der Waals surface area contributed by atoms with Crippen LogP contribution in [0.1, 0.15) is 0 Å². The minimum Gasteiger partial charge on any atom is -0.455 e. The Balaban J connectivity index is 0.000000107. The highest BCUT2D eigenvalue weighted by molar-refractivity contribution is 6.25. The summed E-state index contributed by atoms with van der Waals surface area (Å²) in [6, 6.07) is 176. The summed E-state index contributed by atoms with van der Waals surface area (Å²) < 4.78 is 18.2. The Kier molecular flexibility index (Phi) is 20.2. The summed E-state index contributed by atoms with van der Waals surface area (Å²) in [4.78, 5) is 40.6. The molecule has 0 aliphatic rings. The third kappa shape index (κ3) is 14.5. The normalized spacial score (nSPS) is 11.7. The first-order valence-corrected chi connectivity index (χ1v) is 49.1. The second kappa shape index (κ2) is 35.1. The van der Waals surface area contributed by atoms with Crippen molar-refractivity contribution in [3.05, 3.63) is 504 Å². The van der Waals surface area contributed by atoms with Gasteiger partial charge in [0.05, 0.1) is 71.8 Å². The number of hydrogen-bond donors (Lipinski definition) is 0. The maximum absolute atomic E-state index is 6.60. The minimum atomic E-state index is 0.589. The Hall–Kier alpha value is -20.0. The first-order valence-electron chi connectivity index (χ1n) is 49.1. The number of aromatic nitrogens is 13. The lowest BCUT2D eigenvalue weighted by Gasteiger charge is -2.13. The molecule has 0 saturated carbocycles. The molecule has 682 valence electrons. The van der Waals surface area contributed by atoms with Gasteiger partial charge in [0.15, 0.2) is 29.1 Å². The topological polar surface area (TPSA) is 141 Å². The molecule has 0 radical (unpaired) electrons. The van der Waals surface area contributed by atoms with Gasteiger partial charge in [0.2, 0.25) is 11.9 Å². The van der Waals surface area contributed by atoms with Crippen molar-refractivity contribution in [3.8, 4) is 119 Å². The van der Waals surface area contributed by atoms with E-state index in [4.69, 9.17) is 44.3 Å². The molecule has 0 saturated heterocycles. The molecule has 30 aromatic rings. The number of nitrogens with zero attached hydrogens (tertiary/aromatic N) is 13. The molecule has 14 heteroatoms. The van der Waals surface area contributed by atoms with Gasteiger partial charge in [-0.05, 0) is 160 Å². The lowest BCUT2D eigenvalue weighted by atomic mass is 10.00. The first kappa shape index (κ1) is 84.1. The van der Waals surface area contributed by atoms with Crippen molar-refractivity contribution in [1.29, 1.82) is 0 Å². The predicted octanol–water partition coefficient (Wildman–Crippen LogP) is 33.2. The van der Waals surface area contributed by atoms with E-state index in [-0.39, 0.29) is 0 Å². The van der Waals surface area contributed by atoms with Crippen LogP contribution in [0.2, 0.25) is 0 Å². The van der Waals surface area contributed by atoms with E-state index in [1.54, 1.807) is 0 Å². The van der Waals surface area contributed by atoms with Gasteiger partial charge in [-0.3, -0.25) is 9.13 Å². The van der Waals surface area contributed by atoms with Crippen LogP contribution in [0.25, 0.3) is 272 Å². The van der Waals surface area contributed by atoms with Gasteiger partial charge in [0, 0.05) is 115 Å². The maximum atomic E-state index is 6.60. The molecule has 30 rings (SSSR count). The number of benzene rings is 21. The maximum Gasteiger partial charge on any atom is 0.238 e. The molecule has 0 spiro atoms. The molecule has 0 N–H and O–H groups in total. The SMILES string of the molecule is c1ccc(-c2cccc(-c3nc(-n4c5cc(-c6ccccc6)ccc5c5c6oc7ccccc7c6ccc54)nc4ccccc34)c2)cc1.c1ccc(-c2nc(-c3ccccc3)nc(-c3ccc4cc(-n5c6ccccc6c6cc7c8ccccc8n(-c8ccccc8)c7cc65)ccc4c3)n2)cc1.c1ccc(-c2nc(-c3ccccc3)nc(-n3c4ccccc4c4cc5c6ccccc6n(-c6ccccc6)c5cc43)n2)cc1. The highest BCUT2D eigenvalue weighted by Crippen LogP contribution is 2.47. The van der Waals surface area contributed by atoms with Crippen molar-refractivity contribution in [2.75, 3.05) is 0 Å². The van der Waals surface area contributed by atoms with Crippen molar-refractivity contribution in [2.24, 2.45) is 0 Å². The van der Waals surface area contributed by atoms with E-state index in [1.807, 2.05) is 146 Å². The van der Waals surface area contributed by atoms with Gasteiger partial charge < -0.3 is 18.1 Å². The van der Waals surface area contributed by atoms with Gasteiger partial charge in [-0.25, -0.2) is 29.9 Å². The molecule has 21 aromatic carbocycles. The molecule has 146 heavy (non-hydrogen) atoms. The van der Waals surface area contributed by atoms with Gasteiger partial charge in [-0.1, -0.05) is 376 Å². The summed E-state index contributed by atoms with van der Waals surface area (Å²) in [5, 5.41) is 17.4. The molecule has 9 aromatic heterocycles. The van der Waals surface area contributed by atoms with Gasteiger partial charge in [0.25, 0.3) is 0 Å². The molecule has 14 nitrogen and oxygen atoms in total. The van der Waals surface area contributed by atoms with Gasteiger partial charge in [0.1, 0.15) is 11.2 Å². The van der Waals surface area contributed by atoms with Gasteiger partial charge in [-0.2, -0.15) is 9.97 Å². The van der Waals surface area contributed by atoms with Crippen LogP contribution in [0.15, 0.2) is 508 Å². The number of hydrogen-bond acceptors (Lipinski definition) is 9. The minimum absolute atomic E-state index is 0.589. The Morgan fingerprint density at radius 3 is 1.01 bits per heavy atom. The quantitative estimate of drug-likeness (QED) is 0.110. The third-order valence-electron chi connectivity index (χ3n) is 28.3. The smallest absolute Gasteiger partial charge is 0.238 e. The van der Waals surface area contributed by atoms with E-state index < -0.39 is 0 Å². The van der Waals surface area contributed by atoms with Crippen molar-refractivity contribution in [2.45, 2.75) is 0 Å². The fourth-order valence-corrected chi connectivity index (χ4v) is 21.6. The zero-order valence-corrected chi connectivity index (χ0v) is 78.6. The zero-order chi connectivity index (χ0) is 96.2. The van der Waals surface area contributed by atoms with Crippen LogP contribution in [-0.4, -0.2) is 62.7 Å². The number of furan rings is 1. The molecular formula is C132H83N13O. The fraction of sp³-hybridized carbons (Fsp3) is 0. The molecule has 0 aliphatic heterocycles. The van der Waals surface area contributed by atoms with E-state index in [1.165, 1.54) is 65.5 Å². The number of rotatable bonds is 13. The summed E-state index contributed by atoms with van der Waals surface area (Å²) in [6.07, 6.45) is 0. The van der Waals surface area contributed by atoms with Crippen LogP contribution in [0, 0.1) is 0 Å². The average molecular weight is 1870 g/mol. The Morgan fingerprint density at radius 1 is 0.158 bits per heavy atom. The summed E-state index contributed by atoms with van der Waals surface area (Å²) in [7, 11) is 0. The van der Waals surface area contributed by atoms with Crippen LogP contribution in [-0.2, 0) is 0 Å². The number of para-hydroxylation sites is 8. The van der Waals surface area contributed by atoms with Crippen molar-refractivity contribution in [1.82, 2.24) is 62.7 Å². The van der Waals surface area contributed by atoms with Gasteiger partial charge >= 0.3 is 0 Å². The Morgan fingerprint density at radius 2 is 0.507 bits per heavy atom. The van der Waals surface area contributed by atoms with Crippen molar-refractivity contribution in [3.63, 3.8) is 0 Å². The molecule has 0 fully saturated rings. The summed E-state index contributed by atoms with van der Waals surface area (Å²) in [6.45, 7) is 0.